The van der Waals surface area contributed by atoms with E-state index in [-0.39, 0.29) is 0 Å². The third kappa shape index (κ3) is 4.50. The molecular weight excluding hydrogens is 615 g/mol. The zero-order valence-corrected chi connectivity index (χ0v) is 26.7. The standard InChI is InChI=1S/C44H27N5O/c1-3-16-31-28(11-1)13-7-18-33(31)42-46-43(34-19-8-14-29-12-2-4-17-32(29)34)48-44(47-42)35-20-10-23-39-41(35)50-40-24-6-5-21-38(40)49(39)37-22-9-15-30-25-26-45-27-36(30)37/h1-27H. The summed E-state index contributed by atoms with van der Waals surface area (Å²) in [5.74, 6) is 3.14. The van der Waals surface area contributed by atoms with Crippen molar-refractivity contribution in [2.45, 2.75) is 0 Å². The van der Waals surface area contributed by atoms with Gasteiger partial charge in [-0.05, 0) is 63.3 Å². The summed E-state index contributed by atoms with van der Waals surface area (Å²) < 4.78 is 6.80. The summed E-state index contributed by atoms with van der Waals surface area (Å²) in [4.78, 5) is 22.3. The van der Waals surface area contributed by atoms with E-state index in [1.54, 1.807) is 0 Å². The van der Waals surface area contributed by atoms with Crippen LogP contribution in [0.1, 0.15) is 0 Å². The average Bonchev–Trinajstić information content (AvgIpc) is 3.19. The average molecular weight is 642 g/mol. The largest absolute Gasteiger partial charge is 0.452 e. The third-order valence-corrected chi connectivity index (χ3v) is 9.39. The predicted molar refractivity (Wildman–Crippen MR) is 201 cm³/mol. The van der Waals surface area contributed by atoms with Gasteiger partial charge >= 0.3 is 0 Å². The lowest BCUT2D eigenvalue weighted by atomic mass is 10.0. The molecule has 234 valence electrons. The molecule has 0 spiro atoms. The summed E-state index contributed by atoms with van der Waals surface area (Å²) in [6.07, 6.45) is 3.75. The van der Waals surface area contributed by atoms with Crippen LogP contribution in [0.4, 0.5) is 17.1 Å². The minimum absolute atomic E-state index is 0.529. The number of hydrogen-bond acceptors (Lipinski definition) is 6. The van der Waals surface area contributed by atoms with Gasteiger partial charge in [0.2, 0.25) is 0 Å². The molecule has 0 aliphatic carbocycles. The van der Waals surface area contributed by atoms with E-state index in [1.165, 1.54) is 0 Å². The summed E-state index contributed by atoms with van der Waals surface area (Å²) in [5.41, 5.74) is 5.48. The van der Waals surface area contributed by atoms with Crippen molar-refractivity contribution in [1.82, 2.24) is 19.9 Å². The van der Waals surface area contributed by atoms with Crippen LogP contribution < -0.4 is 9.64 Å². The maximum Gasteiger partial charge on any atom is 0.167 e. The van der Waals surface area contributed by atoms with Crippen LogP contribution in [0.5, 0.6) is 11.5 Å². The van der Waals surface area contributed by atoms with Crippen LogP contribution in [0, 0.1) is 0 Å². The molecule has 3 heterocycles. The van der Waals surface area contributed by atoms with Crippen LogP contribution in [0.3, 0.4) is 0 Å². The molecule has 0 amide bonds. The molecular formula is C44H27N5O. The lowest BCUT2D eigenvalue weighted by Crippen LogP contribution is -2.17. The van der Waals surface area contributed by atoms with Gasteiger partial charge in [-0.3, -0.25) is 4.98 Å². The molecule has 1 aliphatic rings. The second kappa shape index (κ2) is 11.4. The van der Waals surface area contributed by atoms with Gasteiger partial charge in [0.1, 0.15) is 0 Å². The Morgan fingerprint density at radius 1 is 0.400 bits per heavy atom. The molecule has 0 N–H and O–H groups in total. The van der Waals surface area contributed by atoms with Crippen molar-refractivity contribution in [2.75, 3.05) is 4.90 Å². The Labute approximate surface area is 288 Å². The molecule has 6 nitrogen and oxygen atoms in total. The summed E-state index contributed by atoms with van der Waals surface area (Å²) in [6.45, 7) is 0. The second-order valence-corrected chi connectivity index (χ2v) is 12.3. The van der Waals surface area contributed by atoms with Crippen molar-refractivity contribution in [3.05, 3.63) is 164 Å². The highest BCUT2D eigenvalue weighted by Gasteiger charge is 2.30. The van der Waals surface area contributed by atoms with E-state index in [0.29, 0.717) is 23.2 Å². The predicted octanol–water partition coefficient (Wildman–Crippen LogP) is 11.3. The number of anilines is 3. The zero-order valence-electron chi connectivity index (χ0n) is 26.7. The van der Waals surface area contributed by atoms with E-state index < -0.39 is 0 Å². The number of hydrogen-bond donors (Lipinski definition) is 0. The van der Waals surface area contributed by atoms with Crippen molar-refractivity contribution < 1.29 is 4.74 Å². The first-order valence-corrected chi connectivity index (χ1v) is 16.6. The Balaban J connectivity index is 1.24. The van der Waals surface area contributed by atoms with E-state index in [2.05, 4.69) is 125 Å². The van der Waals surface area contributed by atoms with E-state index in [9.17, 15) is 0 Å². The Kier molecular flexibility index (Phi) is 6.39. The van der Waals surface area contributed by atoms with Gasteiger partial charge in [-0.2, -0.15) is 0 Å². The topological polar surface area (TPSA) is 64.0 Å². The lowest BCUT2D eigenvalue weighted by Gasteiger charge is -2.34. The molecule has 0 saturated carbocycles. The first-order chi connectivity index (χ1) is 24.8. The second-order valence-electron chi connectivity index (χ2n) is 12.3. The maximum absolute atomic E-state index is 6.80. The molecule has 2 aromatic heterocycles. The van der Waals surface area contributed by atoms with Gasteiger partial charge in [-0.1, -0.05) is 115 Å². The van der Waals surface area contributed by atoms with E-state index >= 15 is 0 Å². The Bertz CT molecular complexity index is 2660. The molecule has 7 aromatic carbocycles. The van der Waals surface area contributed by atoms with Crippen LogP contribution in [0.2, 0.25) is 0 Å². The molecule has 9 aromatic rings. The van der Waals surface area contributed by atoms with Gasteiger partial charge in [0.25, 0.3) is 0 Å². The van der Waals surface area contributed by atoms with Gasteiger partial charge in [-0.25, -0.2) is 15.0 Å². The fourth-order valence-electron chi connectivity index (χ4n) is 7.08. The summed E-state index contributed by atoms with van der Waals surface area (Å²) in [5, 5.41) is 6.54. The Morgan fingerprint density at radius 2 is 0.900 bits per heavy atom. The molecule has 10 rings (SSSR count). The number of fused-ring (bicyclic) bond motifs is 5. The van der Waals surface area contributed by atoms with E-state index in [4.69, 9.17) is 19.7 Å². The van der Waals surface area contributed by atoms with Crippen molar-refractivity contribution >= 4 is 49.4 Å². The number of para-hydroxylation sites is 3. The molecule has 1 aliphatic heterocycles. The van der Waals surface area contributed by atoms with Gasteiger partial charge in [0.15, 0.2) is 29.0 Å². The molecule has 0 saturated heterocycles. The van der Waals surface area contributed by atoms with Crippen molar-refractivity contribution in [3.8, 4) is 45.7 Å². The number of benzene rings is 7. The summed E-state index contributed by atoms with van der Waals surface area (Å²) in [7, 11) is 0. The van der Waals surface area contributed by atoms with Crippen molar-refractivity contribution in [1.29, 1.82) is 0 Å². The SMILES string of the molecule is c1ccc2c(c1)Oc1c(-c3nc(-c4cccc5ccccc45)nc(-c4cccc5ccccc45)n3)cccc1N2c1cccc2ccncc12. The number of rotatable bonds is 4. The molecule has 50 heavy (non-hydrogen) atoms. The van der Waals surface area contributed by atoms with Crippen LogP contribution in [-0.2, 0) is 0 Å². The van der Waals surface area contributed by atoms with Crippen LogP contribution in [-0.4, -0.2) is 19.9 Å². The Hall–Kier alpha value is -6.92. The van der Waals surface area contributed by atoms with Crippen LogP contribution >= 0.6 is 0 Å². The summed E-state index contributed by atoms with van der Waals surface area (Å²) >= 11 is 0. The summed E-state index contributed by atoms with van der Waals surface area (Å²) in [6, 6.07) is 51.8. The highest BCUT2D eigenvalue weighted by Crippen LogP contribution is 2.54. The first kappa shape index (κ1) is 28.1. The molecule has 0 bridgehead atoms. The van der Waals surface area contributed by atoms with Gasteiger partial charge in [0.05, 0.1) is 22.6 Å². The number of ether oxygens (including phenoxy) is 1. The number of nitrogens with zero attached hydrogens (tertiary/aromatic N) is 5. The van der Waals surface area contributed by atoms with Crippen LogP contribution in [0.15, 0.2) is 164 Å². The normalized spacial score (nSPS) is 12.1. The fourth-order valence-corrected chi connectivity index (χ4v) is 7.08. The number of aromatic nitrogens is 4. The minimum Gasteiger partial charge on any atom is -0.452 e. The molecule has 0 radical (unpaired) electrons. The zero-order chi connectivity index (χ0) is 33.0. The smallest absolute Gasteiger partial charge is 0.167 e. The minimum atomic E-state index is 0.529. The molecule has 0 atom stereocenters. The highest BCUT2D eigenvalue weighted by atomic mass is 16.5. The van der Waals surface area contributed by atoms with Crippen molar-refractivity contribution in [3.63, 3.8) is 0 Å². The molecule has 0 unspecified atom stereocenters. The molecule has 6 heteroatoms. The van der Waals surface area contributed by atoms with Crippen LogP contribution in [0.25, 0.3) is 66.5 Å². The van der Waals surface area contributed by atoms with E-state index in [1.807, 2.05) is 48.8 Å². The first-order valence-electron chi connectivity index (χ1n) is 16.6. The fraction of sp³-hybridized carbons (Fsp3) is 0. The third-order valence-electron chi connectivity index (χ3n) is 9.39. The van der Waals surface area contributed by atoms with Crippen molar-refractivity contribution in [2.24, 2.45) is 0 Å². The number of pyridine rings is 1. The van der Waals surface area contributed by atoms with Gasteiger partial charge < -0.3 is 9.64 Å². The molecule has 0 fully saturated rings. The quantitative estimate of drug-likeness (QED) is 0.191. The van der Waals surface area contributed by atoms with E-state index in [0.717, 1.165) is 71.8 Å². The maximum atomic E-state index is 6.80. The lowest BCUT2D eigenvalue weighted by molar-refractivity contribution is 0.478. The highest BCUT2D eigenvalue weighted by molar-refractivity contribution is 6.02. The van der Waals surface area contributed by atoms with Gasteiger partial charge in [-0.15, -0.1) is 0 Å². The monoisotopic (exact) mass is 641 g/mol. The Morgan fingerprint density at radius 3 is 1.62 bits per heavy atom. The van der Waals surface area contributed by atoms with Gasteiger partial charge in [0, 0.05) is 28.9 Å².